The first-order valence-corrected chi connectivity index (χ1v) is 7.89. The van der Waals surface area contributed by atoms with Crippen LogP contribution in [-0.4, -0.2) is 31.6 Å². The number of thiophene rings is 1. The standard InChI is InChI=1S/C14H23N3O3S/c1-5-8(6-2)17-13-9(14(19)20-7-3)10(15)11(21-13)12(18)16-4/h8,17H,5-7,15H2,1-4H3,(H,16,18). The SMILES string of the molecule is CCOC(=O)c1c(NC(CC)CC)sc(C(=O)NC)c1N. The molecule has 0 unspecified atom stereocenters. The van der Waals surface area contributed by atoms with E-state index in [-0.39, 0.29) is 29.8 Å². The predicted octanol–water partition coefficient (Wildman–Crippen LogP) is 2.47. The number of anilines is 2. The van der Waals surface area contributed by atoms with Crippen molar-refractivity contribution in [1.29, 1.82) is 0 Å². The van der Waals surface area contributed by atoms with Crippen LogP contribution in [0.25, 0.3) is 0 Å². The molecule has 21 heavy (non-hydrogen) atoms. The molecule has 0 fully saturated rings. The molecular weight excluding hydrogens is 290 g/mol. The molecule has 1 amide bonds. The molecule has 1 aromatic rings. The first kappa shape index (κ1) is 17.3. The summed E-state index contributed by atoms with van der Waals surface area (Å²) in [6.07, 6.45) is 1.82. The summed E-state index contributed by atoms with van der Waals surface area (Å²) in [5.41, 5.74) is 6.41. The second-order valence-corrected chi connectivity index (χ2v) is 5.53. The summed E-state index contributed by atoms with van der Waals surface area (Å²) in [5.74, 6) is -0.810. The lowest BCUT2D eigenvalue weighted by Gasteiger charge is -2.15. The van der Waals surface area contributed by atoms with E-state index in [0.29, 0.717) is 9.88 Å². The van der Waals surface area contributed by atoms with E-state index < -0.39 is 5.97 Å². The van der Waals surface area contributed by atoms with Crippen molar-refractivity contribution in [1.82, 2.24) is 5.32 Å². The number of nitrogens with one attached hydrogen (secondary N) is 2. The molecule has 0 bridgehead atoms. The highest BCUT2D eigenvalue weighted by atomic mass is 32.1. The molecule has 0 aliphatic carbocycles. The number of carbonyl (C=O) groups excluding carboxylic acids is 2. The van der Waals surface area contributed by atoms with Gasteiger partial charge in [-0.1, -0.05) is 13.8 Å². The van der Waals surface area contributed by atoms with Gasteiger partial charge < -0.3 is 21.1 Å². The van der Waals surface area contributed by atoms with Gasteiger partial charge in [-0.3, -0.25) is 4.79 Å². The molecule has 7 heteroatoms. The van der Waals surface area contributed by atoms with Crippen molar-refractivity contribution in [3.05, 3.63) is 10.4 Å². The summed E-state index contributed by atoms with van der Waals surface area (Å²) >= 11 is 1.18. The van der Waals surface area contributed by atoms with Gasteiger partial charge in [-0.2, -0.15) is 0 Å². The number of carbonyl (C=O) groups is 2. The van der Waals surface area contributed by atoms with Crippen molar-refractivity contribution >= 4 is 33.9 Å². The molecule has 1 aromatic heterocycles. The molecule has 4 N–H and O–H groups in total. The van der Waals surface area contributed by atoms with Crippen LogP contribution in [0.5, 0.6) is 0 Å². The van der Waals surface area contributed by atoms with Crippen LogP contribution in [0.3, 0.4) is 0 Å². The molecule has 6 nitrogen and oxygen atoms in total. The Bertz CT molecular complexity index is 510. The number of rotatable bonds is 7. The lowest BCUT2D eigenvalue weighted by atomic mass is 10.1. The molecule has 0 atom stereocenters. The van der Waals surface area contributed by atoms with Gasteiger partial charge in [0.2, 0.25) is 0 Å². The predicted molar refractivity (Wildman–Crippen MR) is 86.1 cm³/mol. The Morgan fingerprint density at radius 1 is 1.29 bits per heavy atom. The molecule has 0 aliphatic heterocycles. The van der Waals surface area contributed by atoms with Gasteiger partial charge in [-0.15, -0.1) is 11.3 Å². The summed E-state index contributed by atoms with van der Waals surface area (Å²) in [4.78, 5) is 24.3. The maximum absolute atomic E-state index is 12.1. The average Bonchev–Trinajstić information content (AvgIpc) is 2.80. The van der Waals surface area contributed by atoms with Crippen LogP contribution in [0, 0.1) is 0 Å². The van der Waals surface area contributed by atoms with Crippen LogP contribution in [0.1, 0.15) is 53.6 Å². The van der Waals surface area contributed by atoms with Crippen molar-refractivity contribution in [2.75, 3.05) is 24.7 Å². The van der Waals surface area contributed by atoms with Gasteiger partial charge in [0.05, 0.1) is 12.3 Å². The third kappa shape index (κ3) is 3.87. The van der Waals surface area contributed by atoms with Gasteiger partial charge in [0.15, 0.2) is 0 Å². The molecule has 0 radical (unpaired) electrons. The number of hydrogen-bond acceptors (Lipinski definition) is 6. The van der Waals surface area contributed by atoms with Crippen LogP contribution < -0.4 is 16.4 Å². The number of ether oxygens (including phenoxy) is 1. The summed E-state index contributed by atoms with van der Waals surface area (Å²) in [5, 5.41) is 6.41. The minimum atomic E-state index is -0.505. The van der Waals surface area contributed by atoms with Crippen molar-refractivity contribution in [2.24, 2.45) is 0 Å². The smallest absolute Gasteiger partial charge is 0.343 e. The number of nitrogen functional groups attached to an aromatic ring is 1. The second-order valence-electron chi connectivity index (χ2n) is 4.51. The second kappa shape index (κ2) is 7.87. The average molecular weight is 313 g/mol. The van der Waals surface area contributed by atoms with Gasteiger partial charge in [-0.25, -0.2) is 4.79 Å². The van der Waals surface area contributed by atoms with E-state index in [2.05, 4.69) is 24.5 Å². The van der Waals surface area contributed by atoms with E-state index in [1.807, 2.05) is 0 Å². The lowest BCUT2D eigenvalue weighted by Crippen LogP contribution is -2.19. The minimum absolute atomic E-state index is 0.172. The highest BCUT2D eigenvalue weighted by Crippen LogP contribution is 2.37. The normalized spacial score (nSPS) is 10.5. The maximum atomic E-state index is 12.1. The number of hydrogen-bond donors (Lipinski definition) is 3. The Hall–Kier alpha value is -1.76. The van der Waals surface area contributed by atoms with Crippen molar-refractivity contribution in [3.8, 4) is 0 Å². The highest BCUT2D eigenvalue weighted by Gasteiger charge is 2.26. The molecule has 0 saturated carbocycles. The van der Waals surface area contributed by atoms with Gasteiger partial charge in [-0.05, 0) is 19.8 Å². The molecule has 1 heterocycles. The van der Waals surface area contributed by atoms with Gasteiger partial charge in [0.25, 0.3) is 5.91 Å². The van der Waals surface area contributed by atoms with Gasteiger partial charge in [0.1, 0.15) is 15.4 Å². The largest absolute Gasteiger partial charge is 0.462 e. The number of esters is 1. The Morgan fingerprint density at radius 3 is 2.38 bits per heavy atom. The zero-order chi connectivity index (χ0) is 16.0. The molecule has 0 saturated heterocycles. The van der Waals surface area contributed by atoms with Crippen LogP contribution in [0.2, 0.25) is 0 Å². The van der Waals surface area contributed by atoms with E-state index in [0.717, 1.165) is 12.8 Å². The minimum Gasteiger partial charge on any atom is -0.462 e. The first-order valence-electron chi connectivity index (χ1n) is 7.07. The monoisotopic (exact) mass is 313 g/mol. The Kier molecular flexibility index (Phi) is 6.48. The Balaban J connectivity index is 3.25. The van der Waals surface area contributed by atoms with E-state index in [4.69, 9.17) is 10.5 Å². The fourth-order valence-corrected chi connectivity index (χ4v) is 3.04. The van der Waals surface area contributed by atoms with E-state index in [1.165, 1.54) is 18.4 Å². The molecule has 118 valence electrons. The molecule has 0 aromatic carbocycles. The van der Waals surface area contributed by atoms with Crippen molar-refractivity contribution in [2.45, 2.75) is 39.7 Å². The van der Waals surface area contributed by atoms with Crippen LogP contribution >= 0.6 is 11.3 Å². The van der Waals surface area contributed by atoms with E-state index in [1.54, 1.807) is 6.92 Å². The van der Waals surface area contributed by atoms with Gasteiger partial charge in [0, 0.05) is 13.1 Å². The topological polar surface area (TPSA) is 93.4 Å². The fourth-order valence-electron chi connectivity index (χ4n) is 1.91. The molecule has 0 spiro atoms. The van der Waals surface area contributed by atoms with Crippen molar-refractivity contribution < 1.29 is 14.3 Å². The number of nitrogens with two attached hydrogens (primary N) is 1. The lowest BCUT2D eigenvalue weighted by molar-refractivity contribution is 0.0529. The zero-order valence-corrected chi connectivity index (χ0v) is 13.7. The molecule has 0 aliphatic rings. The Labute approximate surface area is 129 Å². The van der Waals surface area contributed by atoms with Crippen LogP contribution in [0.15, 0.2) is 0 Å². The number of amides is 1. The fraction of sp³-hybridized carbons (Fsp3) is 0.571. The quantitative estimate of drug-likeness (QED) is 0.672. The summed E-state index contributed by atoms with van der Waals surface area (Å²) < 4.78 is 5.04. The summed E-state index contributed by atoms with van der Waals surface area (Å²) in [6, 6.07) is 0.216. The third-order valence-corrected chi connectivity index (χ3v) is 4.31. The maximum Gasteiger partial charge on any atom is 0.343 e. The molecular formula is C14H23N3O3S. The molecule has 1 rings (SSSR count). The summed E-state index contributed by atoms with van der Waals surface area (Å²) in [7, 11) is 1.53. The van der Waals surface area contributed by atoms with Crippen molar-refractivity contribution in [3.63, 3.8) is 0 Å². The third-order valence-electron chi connectivity index (χ3n) is 3.18. The van der Waals surface area contributed by atoms with E-state index in [9.17, 15) is 9.59 Å². The van der Waals surface area contributed by atoms with Crippen LogP contribution in [0.4, 0.5) is 10.7 Å². The Morgan fingerprint density at radius 2 is 1.90 bits per heavy atom. The van der Waals surface area contributed by atoms with E-state index >= 15 is 0 Å². The summed E-state index contributed by atoms with van der Waals surface area (Å²) in [6.45, 7) is 6.10. The van der Waals surface area contributed by atoms with Gasteiger partial charge >= 0.3 is 5.97 Å². The highest BCUT2D eigenvalue weighted by molar-refractivity contribution is 7.19. The zero-order valence-electron chi connectivity index (χ0n) is 12.9. The van der Waals surface area contributed by atoms with Crippen LogP contribution in [-0.2, 0) is 4.74 Å². The first-order chi connectivity index (χ1) is 9.99.